The molecule has 1 heterocycles. The van der Waals surface area contributed by atoms with Crippen molar-refractivity contribution >= 4 is 34.4 Å². The first-order chi connectivity index (χ1) is 11.4. The van der Waals surface area contributed by atoms with Gasteiger partial charge in [-0.15, -0.1) is 0 Å². The van der Waals surface area contributed by atoms with Gasteiger partial charge >= 0.3 is 5.97 Å². The lowest BCUT2D eigenvalue weighted by atomic mass is 10.2. The molecule has 0 bridgehead atoms. The number of carbonyl (C=O) groups excluding carboxylic acids is 2. The fourth-order valence-corrected chi connectivity index (χ4v) is 2.37. The highest BCUT2D eigenvalue weighted by atomic mass is 35.5. The lowest BCUT2D eigenvalue weighted by molar-refractivity contribution is -0.125. The molecule has 2 aromatic rings. The van der Waals surface area contributed by atoms with Crippen LogP contribution in [0.1, 0.15) is 37.2 Å². The van der Waals surface area contributed by atoms with Gasteiger partial charge in [-0.3, -0.25) is 9.59 Å². The maximum absolute atomic E-state index is 12.0. The van der Waals surface area contributed by atoms with Crippen LogP contribution in [0, 0.1) is 0 Å². The van der Waals surface area contributed by atoms with E-state index < -0.39 is 23.9 Å². The molecular formula is C17H18ClNO5. The Labute approximate surface area is 143 Å². The van der Waals surface area contributed by atoms with Crippen LogP contribution in [-0.4, -0.2) is 24.5 Å². The van der Waals surface area contributed by atoms with Crippen molar-refractivity contribution in [1.82, 2.24) is 5.32 Å². The van der Waals surface area contributed by atoms with E-state index in [4.69, 9.17) is 20.8 Å². The van der Waals surface area contributed by atoms with Crippen LogP contribution in [0.15, 0.2) is 33.5 Å². The molecule has 0 saturated heterocycles. The summed E-state index contributed by atoms with van der Waals surface area (Å²) < 4.78 is 10.2. The molecule has 0 aliphatic heterocycles. The van der Waals surface area contributed by atoms with Gasteiger partial charge in [0.05, 0.1) is 5.39 Å². The lowest BCUT2D eigenvalue weighted by Gasteiger charge is -2.14. The van der Waals surface area contributed by atoms with Crippen molar-refractivity contribution in [2.45, 2.75) is 32.7 Å². The second-order valence-corrected chi connectivity index (χ2v) is 5.71. The van der Waals surface area contributed by atoms with Gasteiger partial charge < -0.3 is 14.5 Å². The van der Waals surface area contributed by atoms with Gasteiger partial charge in [-0.2, -0.15) is 0 Å². The predicted octanol–water partition coefficient (Wildman–Crippen LogP) is 2.91. The summed E-state index contributed by atoms with van der Waals surface area (Å²) in [5.41, 5.74) is -0.187. The molecule has 1 aromatic carbocycles. The van der Waals surface area contributed by atoms with Crippen molar-refractivity contribution in [3.8, 4) is 0 Å². The SMILES string of the molecule is CCC(CC)NC(=O)COC(=O)c1cc(=O)c2cc(Cl)ccc2o1. The van der Waals surface area contributed by atoms with Crippen LogP contribution in [0.3, 0.4) is 0 Å². The fraction of sp³-hybridized carbons (Fsp3) is 0.353. The Bertz CT molecular complexity index is 810. The summed E-state index contributed by atoms with van der Waals surface area (Å²) in [4.78, 5) is 35.7. The molecule has 128 valence electrons. The lowest BCUT2D eigenvalue weighted by Crippen LogP contribution is -2.36. The summed E-state index contributed by atoms with van der Waals surface area (Å²) in [6.07, 6.45) is 1.58. The van der Waals surface area contributed by atoms with Crippen LogP contribution in [0.25, 0.3) is 11.0 Å². The Kier molecular flexibility index (Phi) is 5.98. The van der Waals surface area contributed by atoms with Crippen LogP contribution in [0.4, 0.5) is 0 Å². The van der Waals surface area contributed by atoms with E-state index in [0.29, 0.717) is 5.02 Å². The Morgan fingerprint density at radius 1 is 1.25 bits per heavy atom. The number of benzene rings is 1. The number of amides is 1. The van der Waals surface area contributed by atoms with Crippen molar-refractivity contribution in [3.63, 3.8) is 0 Å². The summed E-state index contributed by atoms with van der Waals surface area (Å²) in [5.74, 6) is -1.53. The van der Waals surface area contributed by atoms with Crippen LogP contribution in [0.5, 0.6) is 0 Å². The van der Waals surface area contributed by atoms with Gasteiger partial charge in [0, 0.05) is 17.1 Å². The number of nitrogens with one attached hydrogen (secondary N) is 1. The Hall–Kier alpha value is -2.34. The fourth-order valence-electron chi connectivity index (χ4n) is 2.19. The van der Waals surface area contributed by atoms with E-state index in [1.165, 1.54) is 12.1 Å². The van der Waals surface area contributed by atoms with Crippen molar-refractivity contribution in [2.75, 3.05) is 6.61 Å². The second kappa shape index (κ2) is 7.97. The van der Waals surface area contributed by atoms with Gasteiger partial charge in [0.1, 0.15) is 5.58 Å². The quantitative estimate of drug-likeness (QED) is 0.809. The third-order valence-corrected chi connectivity index (χ3v) is 3.81. The van der Waals surface area contributed by atoms with Crippen LogP contribution >= 0.6 is 11.6 Å². The van der Waals surface area contributed by atoms with E-state index >= 15 is 0 Å². The predicted molar refractivity (Wildman–Crippen MR) is 90.3 cm³/mol. The van der Waals surface area contributed by atoms with Crippen molar-refractivity contribution in [1.29, 1.82) is 0 Å². The standard InChI is InChI=1S/C17H18ClNO5/c1-3-11(4-2)19-16(21)9-23-17(22)15-8-13(20)12-7-10(18)5-6-14(12)24-15/h5-8,11H,3-4,9H2,1-2H3,(H,19,21). The topological polar surface area (TPSA) is 85.6 Å². The molecule has 6 nitrogen and oxygen atoms in total. The Morgan fingerprint density at radius 3 is 2.62 bits per heavy atom. The summed E-state index contributed by atoms with van der Waals surface area (Å²) in [6, 6.07) is 5.57. The average Bonchev–Trinajstić information content (AvgIpc) is 2.57. The molecule has 2 rings (SSSR count). The van der Waals surface area contributed by atoms with Gasteiger partial charge in [0.25, 0.3) is 5.91 Å². The normalized spacial score (nSPS) is 10.8. The minimum absolute atomic E-state index is 0.0413. The zero-order chi connectivity index (χ0) is 17.7. The Balaban J connectivity index is 2.08. The van der Waals surface area contributed by atoms with E-state index in [1.807, 2.05) is 13.8 Å². The molecule has 1 N–H and O–H groups in total. The van der Waals surface area contributed by atoms with Gasteiger partial charge in [0.2, 0.25) is 5.76 Å². The first-order valence-corrected chi connectivity index (χ1v) is 8.02. The maximum Gasteiger partial charge on any atom is 0.374 e. The number of esters is 1. The highest BCUT2D eigenvalue weighted by Gasteiger charge is 2.16. The molecule has 24 heavy (non-hydrogen) atoms. The average molecular weight is 352 g/mol. The Morgan fingerprint density at radius 2 is 1.96 bits per heavy atom. The first kappa shape index (κ1) is 18.0. The van der Waals surface area contributed by atoms with E-state index in [1.54, 1.807) is 6.07 Å². The number of rotatable bonds is 6. The van der Waals surface area contributed by atoms with Crippen LogP contribution in [0.2, 0.25) is 5.02 Å². The van der Waals surface area contributed by atoms with Crippen LogP contribution in [-0.2, 0) is 9.53 Å². The third-order valence-electron chi connectivity index (χ3n) is 3.58. The molecule has 0 aliphatic rings. The van der Waals surface area contributed by atoms with E-state index in [0.717, 1.165) is 18.9 Å². The highest BCUT2D eigenvalue weighted by Crippen LogP contribution is 2.18. The maximum atomic E-state index is 12.0. The molecule has 0 spiro atoms. The summed E-state index contributed by atoms with van der Waals surface area (Å²) >= 11 is 5.83. The van der Waals surface area contributed by atoms with Crippen molar-refractivity contribution < 1.29 is 18.7 Å². The molecular weight excluding hydrogens is 334 g/mol. The highest BCUT2D eigenvalue weighted by molar-refractivity contribution is 6.31. The van der Waals surface area contributed by atoms with Gasteiger partial charge in [-0.05, 0) is 31.0 Å². The molecule has 0 aliphatic carbocycles. The zero-order valence-electron chi connectivity index (χ0n) is 13.4. The summed E-state index contributed by atoms with van der Waals surface area (Å²) in [6.45, 7) is 3.48. The number of ether oxygens (including phenoxy) is 1. The van der Waals surface area contributed by atoms with Crippen molar-refractivity contribution in [3.05, 3.63) is 45.3 Å². The molecule has 0 unspecified atom stereocenters. The minimum atomic E-state index is -0.872. The molecule has 7 heteroatoms. The third kappa shape index (κ3) is 4.35. The number of hydrogen-bond acceptors (Lipinski definition) is 5. The first-order valence-electron chi connectivity index (χ1n) is 7.64. The number of hydrogen-bond donors (Lipinski definition) is 1. The van der Waals surface area contributed by atoms with Crippen LogP contribution < -0.4 is 10.7 Å². The minimum Gasteiger partial charge on any atom is -0.450 e. The number of halogens is 1. The van der Waals surface area contributed by atoms with Gasteiger partial charge in [-0.25, -0.2) is 4.79 Å². The van der Waals surface area contributed by atoms with E-state index in [9.17, 15) is 14.4 Å². The largest absolute Gasteiger partial charge is 0.450 e. The molecule has 0 atom stereocenters. The molecule has 0 fully saturated rings. The second-order valence-electron chi connectivity index (χ2n) is 5.27. The molecule has 0 saturated carbocycles. The summed E-state index contributed by atoms with van der Waals surface area (Å²) in [7, 11) is 0. The monoisotopic (exact) mass is 351 g/mol. The van der Waals surface area contributed by atoms with Gasteiger partial charge in [-0.1, -0.05) is 25.4 Å². The van der Waals surface area contributed by atoms with Gasteiger partial charge in [0.15, 0.2) is 12.0 Å². The van der Waals surface area contributed by atoms with E-state index in [2.05, 4.69) is 5.32 Å². The zero-order valence-corrected chi connectivity index (χ0v) is 14.2. The summed E-state index contributed by atoms with van der Waals surface area (Å²) in [5, 5.41) is 3.41. The smallest absolute Gasteiger partial charge is 0.374 e. The molecule has 0 radical (unpaired) electrons. The van der Waals surface area contributed by atoms with E-state index in [-0.39, 0.29) is 22.8 Å². The number of carbonyl (C=O) groups is 2. The molecule has 1 amide bonds. The molecule has 1 aromatic heterocycles. The number of fused-ring (bicyclic) bond motifs is 1. The van der Waals surface area contributed by atoms with Crippen molar-refractivity contribution in [2.24, 2.45) is 0 Å².